The number of aromatic amines is 1. The zero-order valence-corrected chi connectivity index (χ0v) is 18.3. The van der Waals surface area contributed by atoms with E-state index in [0.717, 1.165) is 5.56 Å². The van der Waals surface area contributed by atoms with Gasteiger partial charge >= 0.3 is 11.9 Å². The van der Waals surface area contributed by atoms with E-state index in [4.69, 9.17) is 15.2 Å². The molecule has 5 N–H and O–H groups in total. The van der Waals surface area contributed by atoms with Gasteiger partial charge in [0.1, 0.15) is 23.6 Å². The number of aromatic carboxylic acids is 2. The van der Waals surface area contributed by atoms with Crippen molar-refractivity contribution in [1.29, 1.82) is 0 Å². The van der Waals surface area contributed by atoms with E-state index < -0.39 is 34.4 Å². The zero-order valence-electron chi connectivity index (χ0n) is 16.1. The van der Waals surface area contributed by atoms with Gasteiger partial charge in [0.15, 0.2) is 11.5 Å². The van der Waals surface area contributed by atoms with Crippen molar-refractivity contribution >= 4 is 40.3 Å². The second-order valence-corrected chi connectivity index (χ2v) is 7.53. The van der Waals surface area contributed by atoms with E-state index in [9.17, 15) is 24.6 Å². The fraction of sp³-hybridized carbons (Fsp3) is 0.0952. The lowest BCUT2D eigenvalue weighted by atomic mass is 9.95. The summed E-state index contributed by atoms with van der Waals surface area (Å²) in [4.78, 5) is 37.9. The van der Waals surface area contributed by atoms with Gasteiger partial charge in [-0.3, -0.25) is 4.79 Å². The van der Waals surface area contributed by atoms with Gasteiger partial charge in [-0.25, -0.2) is 9.59 Å². The Bertz CT molecular complexity index is 1220. The summed E-state index contributed by atoms with van der Waals surface area (Å²) in [6, 6.07) is 12.3. The van der Waals surface area contributed by atoms with Crippen LogP contribution < -0.4 is 20.8 Å². The molecule has 1 heterocycles. The number of H-pyrrole nitrogens is 1. The smallest absolute Gasteiger partial charge is 0.342 e. The molecule has 0 unspecified atom stereocenters. The van der Waals surface area contributed by atoms with E-state index >= 15 is 0 Å². The first kappa shape index (κ1) is 22.2. The third-order valence-electron chi connectivity index (χ3n) is 4.42. The van der Waals surface area contributed by atoms with Crippen LogP contribution in [0.1, 0.15) is 26.3 Å². The Hall–Kier alpha value is -3.54. The lowest BCUT2D eigenvalue weighted by molar-refractivity contribution is 0.0695. The molecule has 10 heteroatoms. The minimum atomic E-state index is -1.59. The molecule has 31 heavy (non-hydrogen) atoms. The summed E-state index contributed by atoms with van der Waals surface area (Å²) in [6.07, 6.45) is 0. The number of rotatable bonds is 7. The molecule has 3 aromatic rings. The lowest BCUT2D eigenvalue weighted by Crippen LogP contribution is -2.24. The molecule has 0 aliphatic rings. The van der Waals surface area contributed by atoms with Crippen LogP contribution in [-0.4, -0.2) is 34.2 Å². The Labute approximate surface area is 189 Å². The number of nitrogens with two attached hydrogens (primary N) is 1. The maximum atomic E-state index is 12.2. The fourth-order valence-corrected chi connectivity index (χ4v) is 3.83. The largest absolute Gasteiger partial charge is 0.493 e. The summed E-state index contributed by atoms with van der Waals surface area (Å²) in [5, 5.41) is 19.2. The van der Waals surface area contributed by atoms with E-state index in [1.807, 2.05) is 52.9 Å². The van der Waals surface area contributed by atoms with Gasteiger partial charge in [0.25, 0.3) is 5.56 Å². The molecule has 0 aliphatic heterocycles. The monoisotopic (exact) mass is 536 g/mol. The molecule has 0 aliphatic carbocycles. The van der Waals surface area contributed by atoms with Crippen LogP contribution in [-0.2, 0) is 6.61 Å². The Morgan fingerprint density at radius 3 is 2.32 bits per heavy atom. The molecule has 0 atom stereocenters. The van der Waals surface area contributed by atoms with E-state index in [1.165, 1.54) is 19.2 Å². The highest BCUT2D eigenvalue weighted by molar-refractivity contribution is 14.1. The Balaban J connectivity index is 2.19. The Kier molecular flexibility index (Phi) is 6.49. The maximum absolute atomic E-state index is 12.2. The van der Waals surface area contributed by atoms with Gasteiger partial charge in [-0.05, 0) is 45.9 Å². The number of nitrogens with one attached hydrogen (secondary N) is 1. The number of anilines is 1. The van der Waals surface area contributed by atoms with Crippen LogP contribution in [0, 0.1) is 3.57 Å². The minimum Gasteiger partial charge on any atom is -0.493 e. The van der Waals surface area contributed by atoms with Crippen molar-refractivity contribution in [2.45, 2.75) is 6.61 Å². The van der Waals surface area contributed by atoms with Gasteiger partial charge in [0.05, 0.1) is 10.7 Å². The highest BCUT2D eigenvalue weighted by Crippen LogP contribution is 2.40. The molecule has 2 aromatic carbocycles. The SMILES string of the molecule is COc1cc(-c2c(C(=O)O)c(N)[nH]c(=O)c2C(=O)O)cc(I)c1OCc1ccccc1. The van der Waals surface area contributed by atoms with Crippen LogP contribution >= 0.6 is 22.6 Å². The van der Waals surface area contributed by atoms with Crippen LogP contribution in [0.2, 0.25) is 0 Å². The second kappa shape index (κ2) is 9.08. The second-order valence-electron chi connectivity index (χ2n) is 6.37. The van der Waals surface area contributed by atoms with Gasteiger partial charge < -0.3 is 30.4 Å². The van der Waals surface area contributed by atoms with E-state index in [2.05, 4.69) is 4.98 Å². The van der Waals surface area contributed by atoms with Crippen LogP contribution in [0.4, 0.5) is 5.82 Å². The molecule has 9 nitrogen and oxygen atoms in total. The molecule has 0 bridgehead atoms. The first-order valence-corrected chi connectivity index (χ1v) is 9.89. The van der Waals surface area contributed by atoms with Crippen molar-refractivity contribution in [2.75, 3.05) is 12.8 Å². The molecule has 0 amide bonds. The van der Waals surface area contributed by atoms with Gasteiger partial charge in [-0.1, -0.05) is 30.3 Å². The number of hydrogen-bond acceptors (Lipinski definition) is 6. The molecular formula is C21H17IN2O7. The fourth-order valence-electron chi connectivity index (χ4n) is 3.07. The standard InChI is InChI=1S/C21H17IN2O7/c1-30-13-8-11(7-12(22)17(13)31-9-10-5-3-2-4-6-10)14-15(20(26)27)18(23)24-19(25)16(14)21(28)29/h2-8H,9H2,1H3,(H,26,27)(H,28,29)(H3,23,24,25). The Morgan fingerprint density at radius 2 is 1.74 bits per heavy atom. The number of benzene rings is 2. The van der Waals surface area contributed by atoms with Crippen molar-refractivity contribution < 1.29 is 29.3 Å². The molecule has 160 valence electrons. The number of ether oxygens (including phenoxy) is 2. The number of halogens is 1. The van der Waals surface area contributed by atoms with Gasteiger partial charge in [-0.15, -0.1) is 0 Å². The Morgan fingerprint density at radius 1 is 1.10 bits per heavy atom. The number of pyridine rings is 1. The van der Waals surface area contributed by atoms with Crippen molar-refractivity contribution in [3.63, 3.8) is 0 Å². The predicted octanol–water partition coefficient (Wildman–Crippen LogP) is 3.21. The summed E-state index contributed by atoms with van der Waals surface area (Å²) in [5.41, 5.74) is 4.18. The number of nitrogen functional groups attached to an aromatic ring is 1. The van der Waals surface area contributed by atoms with E-state index in [1.54, 1.807) is 0 Å². The number of aromatic nitrogens is 1. The van der Waals surface area contributed by atoms with Gasteiger partial charge in [0, 0.05) is 5.56 Å². The molecule has 0 saturated carbocycles. The molecule has 0 radical (unpaired) electrons. The lowest BCUT2D eigenvalue weighted by Gasteiger charge is -2.17. The number of methoxy groups -OCH3 is 1. The van der Waals surface area contributed by atoms with Crippen molar-refractivity contribution in [3.8, 4) is 22.6 Å². The van der Waals surface area contributed by atoms with Crippen molar-refractivity contribution in [2.24, 2.45) is 0 Å². The summed E-state index contributed by atoms with van der Waals surface area (Å²) >= 11 is 1.96. The molecular weight excluding hydrogens is 519 g/mol. The summed E-state index contributed by atoms with van der Waals surface area (Å²) in [7, 11) is 1.40. The zero-order chi connectivity index (χ0) is 22.7. The third-order valence-corrected chi connectivity index (χ3v) is 5.22. The maximum Gasteiger partial charge on any atom is 0.342 e. The average Bonchev–Trinajstić information content (AvgIpc) is 2.71. The summed E-state index contributed by atoms with van der Waals surface area (Å²) in [6.45, 7) is 0.255. The van der Waals surface area contributed by atoms with Gasteiger partial charge in [-0.2, -0.15) is 0 Å². The van der Waals surface area contributed by atoms with Crippen LogP contribution in [0.3, 0.4) is 0 Å². The first-order valence-electron chi connectivity index (χ1n) is 8.81. The predicted molar refractivity (Wildman–Crippen MR) is 121 cm³/mol. The molecule has 0 fully saturated rings. The quantitative estimate of drug-likeness (QED) is 0.336. The highest BCUT2D eigenvalue weighted by Gasteiger charge is 2.28. The van der Waals surface area contributed by atoms with Gasteiger partial charge in [0.2, 0.25) is 0 Å². The van der Waals surface area contributed by atoms with Crippen molar-refractivity contribution in [1.82, 2.24) is 4.98 Å². The number of carboxylic acids is 2. The molecule has 0 saturated heterocycles. The molecule has 1 aromatic heterocycles. The highest BCUT2D eigenvalue weighted by atomic mass is 127. The number of hydrogen-bond donors (Lipinski definition) is 4. The third kappa shape index (κ3) is 4.48. The average molecular weight is 536 g/mol. The summed E-state index contributed by atoms with van der Waals surface area (Å²) < 4.78 is 11.8. The topological polar surface area (TPSA) is 152 Å². The van der Waals surface area contributed by atoms with E-state index in [0.29, 0.717) is 9.32 Å². The van der Waals surface area contributed by atoms with Crippen molar-refractivity contribution in [3.05, 3.63) is 73.1 Å². The van der Waals surface area contributed by atoms with E-state index in [-0.39, 0.29) is 23.5 Å². The number of carboxylic acid groups (broad SMARTS) is 2. The minimum absolute atomic E-state index is 0.140. The van der Waals surface area contributed by atoms with Crippen LogP contribution in [0.5, 0.6) is 11.5 Å². The van der Waals surface area contributed by atoms with Crippen LogP contribution in [0.25, 0.3) is 11.1 Å². The van der Waals surface area contributed by atoms with Crippen LogP contribution in [0.15, 0.2) is 47.3 Å². The molecule has 3 rings (SSSR count). The molecule has 0 spiro atoms. The normalized spacial score (nSPS) is 10.5. The summed E-state index contributed by atoms with van der Waals surface area (Å²) in [5.74, 6) is -2.88. The first-order chi connectivity index (χ1) is 14.7. The number of carbonyl (C=O) groups is 2.